The van der Waals surface area contributed by atoms with Crippen LogP contribution >= 0.6 is 0 Å². The predicted octanol–water partition coefficient (Wildman–Crippen LogP) is 3.08. The van der Waals surface area contributed by atoms with E-state index >= 15 is 0 Å². The average Bonchev–Trinajstić information content (AvgIpc) is 3.14. The molecule has 1 amide bonds. The Hall–Kier alpha value is -2.98. The molecule has 0 saturated carbocycles. The van der Waals surface area contributed by atoms with E-state index in [2.05, 4.69) is 0 Å². The summed E-state index contributed by atoms with van der Waals surface area (Å²) in [6.07, 6.45) is -1.54. The Labute approximate surface area is 181 Å². The maximum Gasteiger partial charge on any atom is 0.410 e. The van der Waals surface area contributed by atoms with E-state index < -0.39 is 27.9 Å². The Morgan fingerprint density at radius 2 is 1.77 bits per heavy atom. The summed E-state index contributed by atoms with van der Waals surface area (Å²) < 4.78 is 45.8. The molecule has 2 aromatic carbocycles. The van der Waals surface area contributed by atoms with Gasteiger partial charge in [-0.3, -0.25) is 0 Å². The van der Waals surface area contributed by atoms with Crippen molar-refractivity contribution in [1.29, 1.82) is 0 Å². The molecule has 0 aliphatic carbocycles. The second kappa shape index (κ2) is 8.64. The molecule has 168 valence electrons. The zero-order valence-corrected chi connectivity index (χ0v) is 18.5. The second-order valence-electron chi connectivity index (χ2n) is 8.00. The summed E-state index contributed by atoms with van der Waals surface area (Å²) in [6.45, 7) is 5.31. The number of hydrogen-bond donors (Lipinski definition) is 1. The molecule has 0 fully saturated rings. The molecule has 2 aromatic rings. The molecule has 0 saturated heterocycles. The van der Waals surface area contributed by atoms with Gasteiger partial charge in [-0.05, 0) is 50.6 Å². The van der Waals surface area contributed by atoms with Gasteiger partial charge in [-0.1, -0.05) is 12.1 Å². The highest BCUT2D eigenvalue weighted by Gasteiger charge is 2.23. The fourth-order valence-electron chi connectivity index (χ4n) is 2.73. The van der Waals surface area contributed by atoms with Crippen LogP contribution in [0.25, 0.3) is 0 Å². The van der Waals surface area contributed by atoms with E-state index in [0.29, 0.717) is 17.1 Å². The fraction of sp³-hybridized carbons (Fsp3) is 0.381. The molecule has 9 nitrogen and oxygen atoms in total. The minimum atomic E-state index is -4.08. The van der Waals surface area contributed by atoms with E-state index in [1.165, 1.54) is 54.4 Å². The molecule has 1 N–H and O–H groups in total. The number of benzene rings is 2. The molecular formula is C21H25NO8S. The topological polar surface area (TPSA) is 112 Å². The number of carbonyl (C=O) groups is 1. The van der Waals surface area contributed by atoms with Crippen molar-refractivity contribution in [2.24, 2.45) is 0 Å². The molecule has 0 aromatic heterocycles. The normalized spacial score (nSPS) is 14.1. The summed E-state index contributed by atoms with van der Waals surface area (Å²) in [5.41, 5.74) is -0.151. The summed E-state index contributed by atoms with van der Waals surface area (Å²) in [4.78, 5) is 13.2. The standard InChI is InChI=1S/C21H25NO8S/c1-21(2,3)29-20(24)22(4)12-17(23)14-5-7-15(8-6-14)30-31(25,26)16-9-10-18-19(11-16)28-13-27-18/h5-11,17,23H,12-13H2,1-4H3. The molecule has 1 aliphatic heterocycles. The van der Waals surface area contributed by atoms with Crippen LogP contribution in [0.4, 0.5) is 4.79 Å². The lowest BCUT2D eigenvalue weighted by Crippen LogP contribution is -2.36. The van der Waals surface area contributed by atoms with Gasteiger partial charge in [-0.25, -0.2) is 4.79 Å². The van der Waals surface area contributed by atoms with Gasteiger partial charge in [0.05, 0.1) is 12.6 Å². The predicted molar refractivity (Wildman–Crippen MR) is 111 cm³/mol. The fourth-order valence-corrected chi connectivity index (χ4v) is 3.68. The van der Waals surface area contributed by atoms with Crippen LogP contribution in [0.3, 0.4) is 0 Å². The molecule has 0 spiro atoms. The van der Waals surface area contributed by atoms with Gasteiger partial charge < -0.3 is 28.4 Å². The maximum absolute atomic E-state index is 12.5. The van der Waals surface area contributed by atoms with Gasteiger partial charge >= 0.3 is 16.2 Å². The summed E-state index contributed by atoms with van der Waals surface area (Å²) in [5, 5.41) is 10.4. The van der Waals surface area contributed by atoms with E-state index in [1.54, 1.807) is 20.8 Å². The van der Waals surface area contributed by atoms with Crippen LogP contribution < -0.4 is 13.7 Å². The van der Waals surface area contributed by atoms with Crippen molar-refractivity contribution in [1.82, 2.24) is 4.90 Å². The first-order valence-corrected chi connectivity index (χ1v) is 10.9. The summed E-state index contributed by atoms with van der Waals surface area (Å²) in [5.74, 6) is 0.875. The van der Waals surface area contributed by atoms with Crippen molar-refractivity contribution in [3.05, 3.63) is 48.0 Å². The number of nitrogens with zero attached hydrogens (tertiary/aromatic N) is 1. The van der Waals surface area contributed by atoms with E-state index in [1.807, 2.05) is 0 Å². The minimum Gasteiger partial charge on any atom is -0.454 e. The number of hydrogen-bond acceptors (Lipinski definition) is 8. The van der Waals surface area contributed by atoms with Gasteiger partial charge in [0.15, 0.2) is 11.5 Å². The molecule has 10 heteroatoms. The average molecular weight is 451 g/mol. The van der Waals surface area contributed by atoms with Crippen molar-refractivity contribution in [2.45, 2.75) is 37.4 Å². The Balaban J connectivity index is 1.63. The summed E-state index contributed by atoms with van der Waals surface area (Å²) in [6, 6.07) is 10.1. The zero-order valence-electron chi connectivity index (χ0n) is 17.7. The van der Waals surface area contributed by atoms with Crippen LogP contribution in [-0.2, 0) is 14.9 Å². The number of aliphatic hydroxyl groups excluding tert-OH is 1. The quantitative estimate of drug-likeness (QED) is 0.667. The smallest absolute Gasteiger partial charge is 0.410 e. The van der Waals surface area contributed by atoms with E-state index in [-0.39, 0.29) is 24.0 Å². The monoisotopic (exact) mass is 451 g/mol. The number of amides is 1. The number of fused-ring (bicyclic) bond motifs is 1. The van der Waals surface area contributed by atoms with Gasteiger partial charge in [-0.15, -0.1) is 0 Å². The Bertz CT molecular complexity index is 1040. The minimum absolute atomic E-state index is 0.00458. The maximum atomic E-state index is 12.5. The molecule has 3 rings (SSSR count). The lowest BCUT2D eigenvalue weighted by molar-refractivity contribution is 0.0205. The molecule has 31 heavy (non-hydrogen) atoms. The highest BCUT2D eigenvalue weighted by molar-refractivity contribution is 7.87. The van der Waals surface area contributed by atoms with Crippen molar-refractivity contribution in [3.63, 3.8) is 0 Å². The third-order valence-corrected chi connectivity index (χ3v) is 5.50. The van der Waals surface area contributed by atoms with Gasteiger partial charge in [0.2, 0.25) is 6.79 Å². The van der Waals surface area contributed by atoms with Gasteiger partial charge in [0, 0.05) is 13.1 Å². The molecule has 0 radical (unpaired) electrons. The first kappa shape index (κ1) is 22.7. The lowest BCUT2D eigenvalue weighted by atomic mass is 10.1. The van der Waals surface area contributed by atoms with Crippen LogP contribution in [0, 0.1) is 0 Å². The lowest BCUT2D eigenvalue weighted by Gasteiger charge is -2.26. The first-order valence-electron chi connectivity index (χ1n) is 9.51. The Morgan fingerprint density at radius 1 is 1.13 bits per heavy atom. The van der Waals surface area contributed by atoms with E-state index in [0.717, 1.165) is 0 Å². The van der Waals surface area contributed by atoms with Gasteiger partial charge in [0.25, 0.3) is 0 Å². The third-order valence-electron chi connectivity index (χ3n) is 4.26. The van der Waals surface area contributed by atoms with Crippen LogP contribution in [0.5, 0.6) is 17.2 Å². The van der Waals surface area contributed by atoms with Crippen molar-refractivity contribution >= 4 is 16.2 Å². The largest absolute Gasteiger partial charge is 0.454 e. The van der Waals surface area contributed by atoms with Gasteiger partial charge in [0.1, 0.15) is 16.2 Å². The molecule has 1 heterocycles. The van der Waals surface area contributed by atoms with E-state index in [4.69, 9.17) is 18.4 Å². The van der Waals surface area contributed by atoms with E-state index in [9.17, 15) is 18.3 Å². The molecule has 1 aliphatic rings. The highest BCUT2D eigenvalue weighted by Crippen LogP contribution is 2.34. The number of aliphatic hydroxyl groups is 1. The molecule has 1 unspecified atom stereocenters. The summed E-state index contributed by atoms with van der Waals surface area (Å²) >= 11 is 0. The summed E-state index contributed by atoms with van der Waals surface area (Å²) in [7, 11) is -2.56. The second-order valence-corrected chi connectivity index (χ2v) is 9.54. The Kier molecular flexibility index (Phi) is 6.33. The number of likely N-dealkylation sites (N-methyl/N-ethyl adjacent to an activating group) is 1. The SMILES string of the molecule is CN(CC(O)c1ccc(OS(=O)(=O)c2ccc3c(c2)OCO3)cc1)C(=O)OC(C)(C)C. The van der Waals surface area contributed by atoms with Crippen molar-refractivity contribution in [2.75, 3.05) is 20.4 Å². The van der Waals surface area contributed by atoms with Crippen molar-refractivity contribution < 1.29 is 36.7 Å². The van der Waals surface area contributed by atoms with Crippen molar-refractivity contribution in [3.8, 4) is 17.2 Å². The van der Waals surface area contributed by atoms with Crippen LogP contribution in [0.15, 0.2) is 47.4 Å². The highest BCUT2D eigenvalue weighted by atomic mass is 32.2. The first-order chi connectivity index (χ1) is 14.4. The number of carbonyl (C=O) groups excluding carboxylic acids is 1. The Morgan fingerprint density at radius 3 is 2.42 bits per heavy atom. The third kappa shape index (κ3) is 5.80. The van der Waals surface area contributed by atoms with Crippen LogP contribution in [0.2, 0.25) is 0 Å². The molecular weight excluding hydrogens is 426 g/mol. The van der Waals surface area contributed by atoms with Crippen LogP contribution in [-0.4, -0.2) is 50.5 Å². The number of rotatable bonds is 6. The zero-order chi connectivity index (χ0) is 22.8. The van der Waals surface area contributed by atoms with Crippen LogP contribution in [0.1, 0.15) is 32.4 Å². The molecule has 1 atom stereocenters. The number of ether oxygens (including phenoxy) is 3. The molecule has 0 bridgehead atoms. The van der Waals surface area contributed by atoms with Gasteiger partial charge in [-0.2, -0.15) is 8.42 Å².